The summed E-state index contributed by atoms with van der Waals surface area (Å²) >= 11 is 12.2. The van der Waals surface area contributed by atoms with Crippen LogP contribution >= 0.6 is 23.2 Å². The Morgan fingerprint density at radius 2 is 2.15 bits per heavy atom. The topological polar surface area (TPSA) is 40.5 Å². The van der Waals surface area contributed by atoms with Gasteiger partial charge in [-0.1, -0.05) is 49.2 Å². The largest absolute Gasteiger partial charge is 0.480 e. The van der Waals surface area contributed by atoms with Gasteiger partial charge in [0.05, 0.1) is 10.0 Å². The molecule has 2 rings (SSSR count). The van der Waals surface area contributed by atoms with E-state index in [-0.39, 0.29) is 5.41 Å². The van der Waals surface area contributed by atoms with Crippen LogP contribution in [0.4, 0.5) is 0 Å². The van der Waals surface area contributed by atoms with Gasteiger partial charge in [0.15, 0.2) is 0 Å². The fourth-order valence-corrected chi connectivity index (χ4v) is 3.43. The van der Waals surface area contributed by atoms with Crippen molar-refractivity contribution in [1.29, 1.82) is 0 Å². The number of carboxylic acid groups (broad SMARTS) is 1. The minimum Gasteiger partial charge on any atom is -0.480 e. The SMILES string of the molecule is CC1(C)CCCN(Cc2cccc(Cl)c2Cl)C1C(=O)O. The van der Waals surface area contributed by atoms with E-state index < -0.39 is 12.0 Å². The van der Waals surface area contributed by atoms with E-state index in [4.69, 9.17) is 23.2 Å². The number of halogens is 2. The quantitative estimate of drug-likeness (QED) is 0.914. The monoisotopic (exact) mass is 315 g/mol. The van der Waals surface area contributed by atoms with Crippen molar-refractivity contribution in [2.45, 2.75) is 39.3 Å². The van der Waals surface area contributed by atoms with Gasteiger partial charge in [-0.15, -0.1) is 0 Å². The highest BCUT2D eigenvalue weighted by Crippen LogP contribution is 2.37. The van der Waals surface area contributed by atoms with Gasteiger partial charge in [-0.25, -0.2) is 0 Å². The van der Waals surface area contributed by atoms with Gasteiger partial charge in [0.1, 0.15) is 6.04 Å². The zero-order valence-corrected chi connectivity index (χ0v) is 13.2. The van der Waals surface area contributed by atoms with Gasteiger partial charge < -0.3 is 5.11 Å². The summed E-state index contributed by atoms with van der Waals surface area (Å²) in [6.07, 6.45) is 1.92. The van der Waals surface area contributed by atoms with Gasteiger partial charge in [0.2, 0.25) is 0 Å². The third-order valence-electron chi connectivity index (χ3n) is 4.01. The Hall–Kier alpha value is -0.770. The van der Waals surface area contributed by atoms with Crippen molar-refractivity contribution < 1.29 is 9.90 Å². The molecule has 20 heavy (non-hydrogen) atoms. The molecular weight excluding hydrogens is 297 g/mol. The first-order chi connectivity index (χ1) is 9.33. The Bertz CT molecular complexity index is 517. The summed E-state index contributed by atoms with van der Waals surface area (Å²) in [6.45, 7) is 5.30. The smallest absolute Gasteiger partial charge is 0.321 e. The molecule has 1 N–H and O–H groups in total. The summed E-state index contributed by atoms with van der Waals surface area (Å²) in [4.78, 5) is 13.6. The maximum absolute atomic E-state index is 11.6. The summed E-state index contributed by atoms with van der Waals surface area (Å²) in [7, 11) is 0. The van der Waals surface area contributed by atoms with Gasteiger partial charge in [0.25, 0.3) is 0 Å². The molecule has 1 heterocycles. The Balaban J connectivity index is 2.26. The first kappa shape index (κ1) is 15.6. The van der Waals surface area contributed by atoms with Crippen LogP contribution < -0.4 is 0 Å². The number of carbonyl (C=O) groups is 1. The van der Waals surface area contributed by atoms with Crippen LogP contribution in [0.25, 0.3) is 0 Å². The molecule has 0 aliphatic carbocycles. The molecule has 1 fully saturated rings. The van der Waals surface area contributed by atoms with E-state index in [9.17, 15) is 9.90 Å². The number of rotatable bonds is 3. The van der Waals surface area contributed by atoms with Crippen molar-refractivity contribution in [3.8, 4) is 0 Å². The number of nitrogens with zero attached hydrogens (tertiary/aromatic N) is 1. The molecule has 1 aliphatic rings. The molecule has 0 saturated carbocycles. The van der Waals surface area contributed by atoms with Gasteiger partial charge in [-0.05, 0) is 36.4 Å². The summed E-state index contributed by atoms with van der Waals surface area (Å²) in [5.74, 6) is -0.771. The number of carboxylic acids is 1. The van der Waals surface area contributed by atoms with Gasteiger partial charge >= 0.3 is 5.97 Å². The standard InChI is InChI=1S/C15H19Cl2NO2/c1-15(2)7-4-8-18(13(15)14(19)20)9-10-5-3-6-11(16)12(10)17/h3,5-6,13H,4,7-9H2,1-2H3,(H,19,20). The molecule has 110 valence electrons. The molecule has 1 saturated heterocycles. The van der Waals surface area contributed by atoms with Crippen molar-refractivity contribution in [3.05, 3.63) is 33.8 Å². The predicted octanol–water partition coefficient (Wildman–Crippen LogP) is 4.07. The van der Waals surface area contributed by atoms with Crippen molar-refractivity contribution in [3.63, 3.8) is 0 Å². The van der Waals surface area contributed by atoms with E-state index in [1.807, 2.05) is 30.9 Å². The van der Waals surface area contributed by atoms with Gasteiger partial charge in [0, 0.05) is 6.54 Å². The van der Waals surface area contributed by atoms with Crippen molar-refractivity contribution in [2.75, 3.05) is 6.54 Å². The highest BCUT2D eigenvalue weighted by molar-refractivity contribution is 6.42. The average molecular weight is 316 g/mol. The fraction of sp³-hybridized carbons (Fsp3) is 0.533. The molecule has 1 aliphatic heterocycles. The van der Waals surface area contributed by atoms with Crippen LogP contribution in [0.5, 0.6) is 0 Å². The highest BCUT2D eigenvalue weighted by Gasteiger charge is 2.42. The van der Waals surface area contributed by atoms with E-state index >= 15 is 0 Å². The van der Waals surface area contributed by atoms with Crippen LogP contribution in [0.15, 0.2) is 18.2 Å². The number of aliphatic carboxylic acids is 1. The molecule has 1 aromatic rings. The second-order valence-corrected chi connectivity index (χ2v) is 6.80. The summed E-state index contributed by atoms with van der Waals surface area (Å²) in [5, 5.41) is 10.6. The summed E-state index contributed by atoms with van der Waals surface area (Å²) < 4.78 is 0. The van der Waals surface area contributed by atoms with E-state index in [0.29, 0.717) is 16.6 Å². The van der Waals surface area contributed by atoms with Crippen molar-refractivity contribution in [2.24, 2.45) is 5.41 Å². The van der Waals surface area contributed by atoms with Crippen LogP contribution in [0.1, 0.15) is 32.3 Å². The molecule has 0 amide bonds. The fourth-order valence-electron chi connectivity index (χ4n) is 3.05. The summed E-state index contributed by atoms with van der Waals surface area (Å²) in [6, 6.07) is 4.98. The molecule has 0 aromatic heterocycles. The Labute approximate surface area is 129 Å². The average Bonchev–Trinajstić information content (AvgIpc) is 2.33. The number of piperidine rings is 1. The van der Waals surface area contributed by atoms with E-state index in [2.05, 4.69) is 0 Å². The van der Waals surface area contributed by atoms with Crippen molar-refractivity contribution >= 4 is 29.2 Å². The van der Waals surface area contributed by atoms with Crippen LogP contribution in [-0.2, 0) is 11.3 Å². The van der Waals surface area contributed by atoms with Crippen LogP contribution in [0, 0.1) is 5.41 Å². The number of benzene rings is 1. The first-order valence-electron chi connectivity index (χ1n) is 6.72. The molecule has 0 bridgehead atoms. The lowest BCUT2D eigenvalue weighted by atomic mass is 9.76. The third kappa shape index (κ3) is 3.11. The van der Waals surface area contributed by atoms with Crippen LogP contribution in [-0.4, -0.2) is 28.6 Å². The van der Waals surface area contributed by atoms with E-state index in [1.54, 1.807) is 6.07 Å². The van der Waals surface area contributed by atoms with Gasteiger partial charge in [-0.2, -0.15) is 0 Å². The Kier molecular flexibility index (Phi) is 4.62. The van der Waals surface area contributed by atoms with Gasteiger partial charge in [-0.3, -0.25) is 9.69 Å². The second kappa shape index (κ2) is 5.92. The minimum absolute atomic E-state index is 0.241. The number of hydrogen-bond acceptors (Lipinski definition) is 2. The van der Waals surface area contributed by atoms with Crippen molar-refractivity contribution in [1.82, 2.24) is 4.90 Å². The molecule has 0 spiro atoms. The highest BCUT2D eigenvalue weighted by atomic mass is 35.5. The molecule has 0 radical (unpaired) electrons. The molecule has 1 unspecified atom stereocenters. The zero-order chi connectivity index (χ0) is 14.9. The maximum atomic E-state index is 11.6. The second-order valence-electron chi connectivity index (χ2n) is 6.02. The third-order valence-corrected chi connectivity index (χ3v) is 4.87. The lowest BCUT2D eigenvalue weighted by Crippen LogP contribution is -2.53. The maximum Gasteiger partial charge on any atom is 0.321 e. The van der Waals surface area contributed by atoms with E-state index in [1.165, 1.54) is 0 Å². The zero-order valence-electron chi connectivity index (χ0n) is 11.7. The molecule has 1 aromatic carbocycles. The normalized spacial score (nSPS) is 22.7. The number of likely N-dealkylation sites (tertiary alicyclic amines) is 1. The first-order valence-corrected chi connectivity index (χ1v) is 7.48. The van der Waals surface area contributed by atoms with E-state index in [0.717, 1.165) is 24.9 Å². The molecule has 1 atom stereocenters. The molecule has 5 heteroatoms. The van der Waals surface area contributed by atoms with Crippen LogP contribution in [0.3, 0.4) is 0 Å². The Morgan fingerprint density at radius 1 is 1.45 bits per heavy atom. The lowest BCUT2D eigenvalue weighted by molar-refractivity contribution is -0.151. The predicted molar refractivity (Wildman–Crippen MR) is 81.3 cm³/mol. The molecule has 3 nitrogen and oxygen atoms in total. The minimum atomic E-state index is -0.771. The molecular formula is C15H19Cl2NO2. The number of hydrogen-bond donors (Lipinski definition) is 1. The lowest BCUT2D eigenvalue weighted by Gasteiger charge is -2.44. The summed E-state index contributed by atoms with van der Waals surface area (Å²) in [5.41, 5.74) is 0.637. The van der Waals surface area contributed by atoms with Crippen LogP contribution in [0.2, 0.25) is 10.0 Å². The Morgan fingerprint density at radius 3 is 2.80 bits per heavy atom.